The molecule has 1 fully saturated rings. The minimum Gasteiger partial charge on any atom is -0.479 e. The number of hydrogen-bond acceptors (Lipinski definition) is 5. The van der Waals surface area contributed by atoms with E-state index in [4.69, 9.17) is 4.74 Å². The van der Waals surface area contributed by atoms with Crippen LogP contribution >= 0.6 is 11.8 Å². The Hall–Kier alpha value is -1.86. The van der Waals surface area contributed by atoms with Gasteiger partial charge in [0.15, 0.2) is 11.3 Å². The lowest BCUT2D eigenvalue weighted by Crippen LogP contribution is -2.55. The number of amides is 1. The molecule has 1 saturated heterocycles. The molecule has 0 radical (unpaired) electrons. The summed E-state index contributed by atoms with van der Waals surface area (Å²) in [4.78, 5) is 35.0. The number of nitrogens with one attached hydrogen (secondary N) is 1. The van der Waals surface area contributed by atoms with E-state index in [-0.39, 0.29) is 30.3 Å². The molecule has 0 spiro atoms. The number of rotatable bonds is 7. The fraction of sp³-hybridized carbons (Fsp3) is 0.400. The van der Waals surface area contributed by atoms with Gasteiger partial charge in [-0.05, 0) is 0 Å². The largest absolute Gasteiger partial charge is 0.479 e. The van der Waals surface area contributed by atoms with Gasteiger partial charge in [-0.15, -0.1) is 11.8 Å². The lowest BCUT2D eigenvalue weighted by atomic mass is 9.99. The van der Waals surface area contributed by atoms with Crippen LogP contribution in [0, 0.1) is 0 Å². The minimum absolute atomic E-state index is 0.0261. The lowest BCUT2D eigenvalue weighted by Gasteiger charge is -2.23. The normalized spacial score (nSPS) is 20.5. The molecule has 0 saturated carbocycles. The van der Waals surface area contributed by atoms with Crippen LogP contribution in [0.2, 0.25) is 0 Å². The highest BCUT2D eigenvalue weighted by molar-refractivity contribution is 8.00. The number of thioether (sulfide) groups is 1. The van der Waals surface area contributed by atoms with Crippen LogP contribution in [0.1, 0.15) is 16.8 Å². The summed E-state index contributed by atoms with van der Waals surface area (Å²) in [7, 11) is 0. The fourth-order valence-corrected chi connectivity index (χ4v) is 2.84. The molecule has 1 amide bonds. The van der Waals surface area contributed by atoms with Gasteiger partial charge < -0.3 is 15.2 Å². The van der Waals surface area contributed by atoms with Gasteiger partial charge in [0.05, 0.1) is 18.1 Å². The van der Waals surface area contributed by atoms with E-state index in [9.17, 15) is 19.5 Å². The molecule has 118 valence electrons. The monoisotopic (exact) mass is 323 g/mol. The molecule has 1 aliphatic heterocycles. The van der Waals surface area contributed by atoms with E-state index in [1.807, 2.05) is 6.07 Å². The van der Waals surface area contributed by atoms with Crippen molar-refractivity contribution >= 4 is 29.4 Å². The number of carbonyl (C=O) groups is 3. The average molecular weight is 323 g/mol. The summed E-state index contributed by atoms with van der Waals surface area (Å²) in [5.41, 5.74) is -0.734. The highest BCUT2D eigenvalue weighted by Gasteiger charge is 2.43. The summed E-state index contributed by atoms with van der Waals surface area (Å²) in [6, 6.07) is 8.82. The quantitative estimate of drug-likeness (QED) is 0.726. The van der Waals surface area contributed by atoms with Crippen LogP contribution in [0.15, 0.2) is 30.3 Å². The molecule has 1 aliphatic rings. The number of ketones is 1. The highest BCUT2D eigenvalue weighted by atomic mass is 32.2. The molecule has 0 bridgehead atoms. The number of carboxylic acids is 1. The maximum Gasteiger partial charge on any atom is 0.331 e. The zero-order valence-corrected chi connectivity index (χ0v) is 12.7. The zero-order valence-electron chi connectivity index (χ0n) is 11.9. The molecule has 6 nitrogen and oxygen atoms in total. The van der Waals surface area contributed by atoms with Crippen molar-refractivity contribution in [2.45, 2.75) is 12.0 Å². The molecule has 2 rings (SSSR count). The van der Waals surface area contributed by atoms with E-state index in [0.717, 1.165) is 11.8 Å². The lowest BCUT2D eigenvalue weighted by molar-refractivity contribution is -0.147. The zero-order chi connectivity index (χ0) is 16.0. The topological polar surface area (TPSA) is 92.7 Å². The maximum absolute atomic E-state index is 11.9. The molecule has 22 heavy (non-hydrogen) atoms. The van der Waals surface area contributed by atoms with Crippen molar-refractivity contribution in [1.29, 1.82) is 0 Å². The van der Waals surface area contributed by atoms with Gasteiger partial charge in [0, 0.05) is 18.6 Å². The van der Waals surface area contributed by atoms with Crippen molar-refractivity contribution in [3.05, 3.63) is 35.9 Å². The Morgan fingerprint density at radius 1 is 1.23 bits per heavy atom. The van der Waals surface area contributed by atoms with Crippen LogP contribution in [0.25, 0.3) is 0 Å². The summed E-state index contributed by atoms with van der Waals surface area (Å²) in [6.45, 7) is 0.286. The third-order valence-electron chi connectivity index (χ3n) is 3.37. The van der Waals surface area contributed by atoms with Gasteiger partial charge in [-0.2, -0.15) is 0 Å². The van der Waals surface area contributed by atoms with E-state index in [2.05, 4.69) is 5.32 Å². The van der Waals surface area contributed by atoms with Crippen molar-refractivity contribution < 1.29 is 24.2 Å². The van der Waals surface area contributed by atoms with Crippen LogP contribution in [0.5, 0.6) is 0 Å². The smallest absolute Gasteiger partial charge is 0.331 e. The highest BCUT2D eigenvalue weighted by Crippen LogP contribution is 2.19. The molecule has 0 aromatic heterocycles. The van der Waals surface area contributed by atoms with Crippen molar-refractivity contribution in [3.8, 4) is 0 Å². The molecule has 1 atom stereocenters. The second kappa shape index (κ2) is 7.42. The maximum atomic E-state index is 11.9. The first-order valence-electron chi connectivity index (χ1n) is 6.82. The number of Topliss-reactive ketones (excluding diaryl/α,β-unsaturated/α-hetero) is 1. The average Bonchev–Trinajstić information content (AvgIpc) is 2.98. The van der Waals surface area contributed by atoms with Crippen molar-refractivity contribution in [3.63, 3.8) is 0 Å². The molecule has 1 aromatic carbocycles. The summed E-state index contributed by atoms with van der Waals surface area (Å²) in [5, 5.41) is 11.7. The van der Waals surface area contributed by atoms with E-state index in [1.165, 1.54) is 0 Å². The first kappa shape index (κ1) is 16.5. The third kappa shape index (κ3) is 4.08. The molecular weight excluding hydrogens is 306 g/mol. The minimum atomic E-state index is -1.33. The van der Waals surface area contributed by atoms with E-state index < -0.39 is 17.4 Å². The Bertz CT molecular complexity index is 554. The van der Waals surface area contributed by atoms with E-state index in [1.54, 1.807) is 24.3 Å². The Balaban J connectivity index is 1.78. The molecule has 1 aromatic rings. The number of ether oxygens (including phenoxy) is 1. The number of carbonyl (C=O) groups excluding carboxylic acids is 2. The Labute approximate surface area is 132 Å². The number of hydrogen-bond donors (Lipinski definition) is 2. The van der Waals surface area contributed by atoms with Crippen molar-refractivity contribution in [1.82, 2.24) is 5.32 Å². The second-order valence-electron chi connectivity index (χ2n) is 5.02. The summed E-state index contributed by atoms with van der Waals surface area (Å²) >= 11 is 1.16. The van der Waals surface area contributed by atoms with E-state index in [0.29, 0.717) is 12.2 Å². The molecular formula is C15H17NO5S. The van der Waals surface area contributed by atoms with Gasteiger partial charge in [0.25, 0.3) is 0 Å². The molecule has 1 unspecified atom stereocenters. The standard InChI is InChI=1S/C15H17NO5S/c17-12(11-4-2-1-3-5-11)8-22-9-13(18)16-15(14(19)20)6-7-21-10-15/h1-5H,6-10H2,(H,16,18)(H,19,20). The van der Waals surface area contributed by atoms with Crippen LogP contribution < -0.4 is 5.32 Å². The SMILES string of the molecule is O=C(CSCC(=O)c1ccccc1)NC1(C(=O)O)CCOC1. The Morgan fingerprint density at radius 2 is 1.95 bits per heavy atom. The predicted molar refractivity (Wildman–Crippen MR) is 82.0 cm³/mol. The van der Waals surface area contributed by atoms with Gasteiger partial charge in [-0.25, -0.2) is 4.79 Å². The molecule has 7 heteroatoms. The molecule has 2 N–H and O–H groups in total. The molecule has 1 heterocycles. The van der Waals surface area contributed by atoms with Crippen molar-refractivity contribution in [2.24, 2.45) is 0 Å². The van der Waals surface area contributed by atoms with Crippen LogP contribution in [0.4, 0.5) is 0 Å². The Kier molecular flexibility index (Phi) is 5.57. The summed E-state index contributed by atoms with van der Waals surface area (Å²) in [5.74, 6) is -1.35. The fourth-order valence-electron chi connectivity index (χ4n) is 2.13. The van der Waals surface area contributed by atoms with Gasteiger partial charge in [0.2, 0.25) is 5.91 Å². The van der Waals surface area contributed by atoms with Gasteiger partial charge in [0.1, 0.15) is 0 Å². The Morgan fingerprint density at radius 3 is 2.55 bits per heavy atom. The van der Waals surface area contributed by atoms with Crippen LogP contribution in [0.3, 0.4) is 0 Å². The van der Waals surface area contributed by atoms with Crippen LogP contribution in [-0.4, -0.2) is 53.0 Å². The van der Waals surface area contributed by atoms with Gasteiger partial charge in [-0.1, -0.05) is 30.3 Å². The number of benzene rings is 1. The number of aliphatic carboxylic acids is 1. The summed E-state index contributed by atoms with van der Waals surface area (Å²) in [6.07, 6.45) is 0.252. The first-order chi connectivity index (χ1) is 10.5. The van der Waals surface area contributed by atoms with Crippen molar-refractivity contribution in [2.75, 3.05) is 24.7 Å². The van der Waals surface area contributed by atoms with Crippen LogP contribution in [-0.2, 0) is 14.3 Å². The predicted octanol–water partition coefficient (Wildman–Crippen LogP) is 0.962. The van der Waals surface area contributed by atoms with E-state index >= 15 is 0 Å². The van der Waals surface area contributed by atoms with Gasteiger partial charge >= 0.3 is 5.97 Å². The second-order valence-corrected chi connectivity index (χ2v) is 6.01. The number of carboxylic acid groups (broad SMARTS) is 1. The first-order valence-corrected chi connectivity index (χ1v) is 7.97. The summed E-state index contributed by atoms with van der Waals surface area (Å²) < 4.78 is 5.07. The molecule has 0 aliphatic carbocycles. The third-order valence-corrected chi connectivity index (χ3v) is 4.30. The van der Waals surface area contributed by atoms with Gasteiger partial charge in [-0.3, -0.25) is 9.59 Å².